The first-order chi connectivity index (χ1) is 31.7. The molecule has 12 rings (SSSR count). The molecule has 0 bridgehead atoms. The summed E-state index contributed by atoms with van der Waals surface area (Å²) in [5, 5.41) is 15.2. The maximum absolute atomic E-state index is 10.9. The van der Waals surface area contributed by atoms with Gasteiger partial charge in [-0.2, -0.15) is 15.2 Å². The normalized spacial score (nSPS) is 11.4. The van der Waals surface area contributed by atoms with Crippen LogP contribution in [0.25, 0.3) is 112 Å². The summed E-state index contributed by atoms with van der Waals surface area (Å²) in [6, 6.07) is 69.3. The van der Waals surface area contributed by atoms with Crippen LogP contribution >= 0.6 is 0 Å². The van der Waals surface area contributed by atoms with Crippen molar-refractivity contribution < 1.29 is 0 Å². The largest absolute Gasteiger partial charge is 0.308 e. The zero-order chi connectivity index (χ0) is 42.6. The highest BCUT2D eigenvalue weighted by atomic mass is 15.2. The number of nitriles is 1. The molecule has 0 saturated carbocycles. The van der Waals surface area contributed by atoms with E-state index in [9.17, 15) is 5.26 Å². The van der Waals surface area contributed by atoms with E-state index in [1.54, 1.807) is 0 Å². The highest BCUT2D eigenvalue weighted by Gasteiger charge is 2.24. The third-order valence-electron chi connectivity index (χ3n) is 11.7. The van der Waals surface area contributed by atoms with Crippen molar-refractivity contribution in [3.05, 3.63) is 206 Å². The molecular weight excluding hydrogens is 787 g/mol. The van der Waals surface area contributed by atoms with Crippen LogP contribution in [0.3, 0.4) is 0 Å². The molecule has 0 aliphatic heterocycles. The number of nitrogens with zero attached hydrogens (tertiary/aromatic N) is 9. The Morgan fingerprint density at radius 2 is 0.703 bits per heavy atom. The summed E-state index contributed by atoms with van der Waals surface area (Å²) in [6.45, 7) is 0. The lowest BCUT2D eigenvalue weighted by Gasteiger charge is -2.13. The average molecular weight is 820 g/mol. The van der Waals surface area contributed by atoms with Crippen LogP contribution in [0.1, 0.15) is 5.56 Å². The van der Waals surface area contributed by atoms with Crippen molar-refractivity contribution in [1.29, 1.82) is 5.26 Å². The third kappa shape index (κ3) is 6.09. The van der Waals surface area contributed by atoms with Crippen LogP contribution in [-0.4, -0.2) is 39.0 Å². The van der Waals surface area contributed by atoms with Gasteiger partial charge in [0.1, 0.15) is 6.07 Å². The van der Waals surface area contributed by atoms with Crippen LogP contribution < -0.4 is 0 Å². The molecule has 0 spiro atoms. The Kier molecular flexibility index (Phi) is 8.66. The lowest BCUT2D eigenvalue weighted by Crippen LogP contribution is -2.06. The second-order valence-corrected chi connectivity index (χ2v) is 15.5. The molecule has 298 valence electrons. The first kappa shape index (κ1) is 36.7. The summed E-state index contributed by atoms with van der Waals surface area (Å²) in [4.78, 5) is 30.0. The summed E-state index contributed by atoms with van der Waals surface area (Å²) >= 11 is 0. The monoisotopic (exact) mass is 819 g/mol. The molecule has 0 N–H and O–H groups in total. The maximum Gasteiger partial charge on any atom is 0.238 e. The molecule has 64 heavy (non-hydrogen) atoms. The van der Waals surface area contributed by atoms with E-state index in [1.165, 1.54) is 0 Å². The molecule has 0 aliphatic rings. The minimum Gasteiger partial charge on any atom is -0.308 e. The second kappa shape index (κ2) is 15.1. The molecule has 0 fully saturated rings. The summed E-state index contributed by atoms with van der Waals surface area (Å²) in [6.07, 6.45) is 0. The van der Waals surface area contributed by atoms with Crippen molar-refractivity contribution in [2.75, 3.05) is 0 Å². The molecule has 4 heterocycles. The Balaban J connectivity index is 1.07. The Bertz CT molecular complexity index is 3670. The summed E-state index contributed by atoms with van der Waals surface area (Å²) in [5.41, 5.74) is 9.36. The summed E-state index contributed by atoms with van der Waals surface area (Å²) in [7, 11) is 0. The van der Waals surface area contributed by atoms with Crippen molar-refractivity contribution in [3.63, 3.8) is 0 Å². The quantitative estimate of drug-likeness (QED) is 0.157. The lowest BCUT2D eigenvalue weighted by atomic mass is 10.1. The van der Waals surface area contributed by atoms with Gasteiger partial charge in [-0.15, -0.1) is 0 Å². The van der Waals surface area contributed by atoms with Gasteiger partial charge < -0.3 is 4.57 Å². The number of hydrogen-bond acceptors (Lipinski definition) is 7. The van der Waals surface area contributed by atoms with Gasteiger partial charge in [-0.1, -0.05) is 158 Å². The fraction of sp³-hybridized carbons (Fsp3) is 0. The first-order valence-corrected chi connectivity index (χ1v) is 20.9. The SMILES string of the molecule is N#Cc1cc(-c2nc(-c3ccccc3)nc(-c3ccccc3)n2)ccc1-n1c2ccccc2c2c3c4ccccc4n(-c4nc(-c5ccccc5)nc(-c5ccccc5)n4)c3ccc21. The molecule has 8 aromatic carbocycles. The average Bonchev–Trinajstić information content (AvgIpc) is 3.90. The highest BCUT2D eigenvalue weighted by Crippen LogP contribution is 2.43. The van der Waals surface area contributed by atoms with E-state index in [2.05, 4.69) is 69.8 Å². The van der Waals surface area contributed by atoms with Gasteiger partial charge in [-0.25, -0.2) is 19.9 Å². The first-order valence-electron chi connectivity index (χ1n) is 20.9. The van der Waals surface area contributed by atoms with Crippen LogP contribution in [0.5, 0.6) is 0 Å². The topological polar surface area (TPSA) is 111 Å². The number of para-hydroxylation sites is 2. The maximum atomic E-state index is 10.9. The van der Waals surface area contributed by atoms with Crippen molar-refractivity contribution in [2.24, 2.45) is 0 Å². The molecule has 9 heteroatoms. The molecule has 0 saturated heterocycles. The molecular formula is C55H33N9. The molecule has 12 aromatic rings. The molecule has 0 amide bonds. The Labute approximate surface area is 366 Å². The van der Waals surface area contributed by atoms with Crippen LogP contribution in [0, 0.1) is 11.3 Å². The molecule has 9 nitrogen and oxygen atoms in total. The van der Waals surface area contributed by atoms with Gasteiger partial charge in [0, 0.05) is 49.4 Å². The highest BCUT2D eigenvalue weighted by molar-refractivity contribution is 6.28. The lowest BCUT2D eigenvalue weighted by molar-refractivity contribution is 0.953. The van der Waals surface area contributed by atoms with Gasteiger partial charge >= 0.3 is 0 Å². The molecule has 4 aromatic heterocycles. The van der Waals surface area contributed by atoms with Gasteiger partial charge in [-0.3, -0.25) is 4.57 Å². The van der Waals surface area contributed by atoms with Gasteiger partial charge in [0.15, 0.2) is 29.1 Å². The number of fused-ring (bicyclic) bond motifs is 7. The van der Waals surface area contributed by atoms with E-state index >= 15 is 0 Å². The predicted octanol–water partition coefficient (Wildman–Crippen LogP) is 12.5. The molecule has 0 radical (unpaired) electrons. The minimum atomic E-state index is 0.483. The van der Waals surface area contributed by atoms with Gasteiger partial charge in [0.2, 0.25) is 5.95 Å². The number of benzene rings is 8. The van der Waals surface area contributed by atoms with Crippen LogP contribution in [-0.2, 0) is 0 Å². The van der Waals surface area contributed by atoms with E-state index in [-0.39, 0.29) is 0 Å². The van der Waals surface area contributed by atoms with E-state index in [1.807, 2.05) is 146 Å². The molecule has 0 aliphatic carbocycles. The summed E-state index contributed by atoms with van der Waals surface area (Å²) < 4.78 is 4.34. The fourth-order valence-electron chi connectivity index (χ4n) is 8.79. The van der Waals surface area contributed by atoms with Crippen LogP contribution in [0.2, 0.25) is 0 Å². The Morgan fingerprint density at radius 3 is 1.16 bits per heavy atom. The van der Waals surface area contributed by atoms with Crippen molar-refractivity contribution in [2.45, 2.75) is 0 Å². The minimum absolute atomic E-state index is 0.483. The van der Waals surface area contributed by atoms with E-state index < -0.39 is 0 Å². The third-order valence-corrected chi connectivity index (χ3v) is 11.7. The zero-order valence-electron chi connectivity index (χ0n) is 34.1. The fourth-order valence-corrected chi connectivity index (χ4v) is 8.79. The predicted molar refractivity (Wildman–Crippen MR) is 254 cm³/mol. The Morgan fingerprint density at radius 1 is 0.328 bits per heavy atom. The number of hydrogen-bond donors (Lipinski definition) is 0. The zero-order valence-corrected chi connectivity index (χ0v) is 34.1. The Hall–Kier alpha value is -9.13. The van der Waals surface area contributed by atoms with E-state index in [0.717, 1.165) is 71.6 Å². The van der Waals surface area contributed by atoms with Gasteiger partial charge in [-0.05, 0) is 42.5 Å². The van der Waals surface area contributed by atoms with Crippen LogP contribution in [0.4, 0.5) is 0 Å². The van der Waals surface area contributed by atoms with Gasteiger partial charge in [0.25, 0.3) is 0 Å². The van der Waals surface area contributed by atoms with Gasteiger partial charge in [0.05, 0.1) is 33.3 Å². The second-order valence-electron chi connectivity index (χ2n) is 15.5. The van der Waals surface area contributed by atoms with Crippen LogP contribution in [0.15, 0.2) is 200 Å². The van der Waals surface area contributed by atoms with E-state index in [0.29, 0.717) is 46.2 Å². The molecule has 0 atom stereocenters. The van der Waals surface area contributed by atoms with E-state index in [4.69, 9.17) is 29.9 Å². The summed E-state index contributed by atoms with van der Waals surface area (Å²) in [5.74, 6) is 3.30. The standard InChI is InChI=1S/C55H33N9/c56-34-40-33-39(54-58-50(35-17-5-1-6-18-35)57-51(59-54)36-19-7-2-8-20-36)29-30-43(40)63-44-27-15-13-25-41(44)48-46(63)31-32-47-49(48)42-26-14-16-28-45(42)64(47)55-61-52(37-21-9-3-10-22-37)60-53(62-55)38-23-11-4-12-24-38/h1-33H. The molecule has 0 unspecified atom stereocenters. The van der Waals surface area contributed by atoms with Crippen molar-refractivity contribution >= 4 is 43.6 Å². The number of aromatic nitrogens is 8. The van der Waals surface area contributed by atoms with Crippen molar-refractivity contribution in [1.82, 2.24) is 39.0 Å². The van der Waals surface area contributed by atoms with Crippen molar-refractivity contribution in [3.8, 4) is 74.6 Å². The number of rotatable bonds is 7. The smallest absolute Gasteiger partial charge is 0.238 e.